The molecule has 0 aliphatic heterocycles. The summed E-state index contributed by atoms with van der Waals surface area (Å²) >= 11 is 1.55. The Kier molecular flexibility index (Phi) is 8.14. The normalized spacial score (nSPS) is 12.0. The summed E-state index contributed by atoms with van der Waals surface area (Å²) in [4.78, 5) is 9.52. The van der Waals surface area contributed by atoms with Crippen molar-refractivity contribution in [2.45, 2.75) is 26.2 Å². The number of hydrogen-bond acceptors (Lipinski definition) is 4. The van der Waals surface area contributed by atoms with E-state index in [9.17, 15) is 13.2 Å². The predicted octanol–water partition coefficient (Wildman–Crippen LogP) is 4.13. The number of nitrogens with one attached hydrogen (secondary N) is 2. The molecule has 158 valence electrons. The van der Waals surface area contributed by atoms with Crippen LogP contribution in [0.4, 0.5) is 13.2 Å². The minimum Gasteiger partial charge on any atom is -0.484 e. The molecule has 0 saturated heterocycles. The third-order valence-corrected chi connectivity index (χ3v) is 4.63. The van der Waals surface area contributed by atoms with Crippen molar-refractivity contribution < 1.29 is 17.9 Å². The highest BCUT2D eigenvalue weighted by molar-refractivity contribution is 14.0. The Bertz CT molecular complexity index is 941. The number of guanidine groups is 1. The Morgan fingerprint density at radius 2 is 2.03 bits per heavy atom. The van der Waals surface area contributed by atoms with E-state index in [4.69, 9.17) is 4.74 Å². The largest absolute Gasteiger partial charge is 0.484 e. The van der Waals surface area contributed by atoms with E-state index in [-0.39, 0.29) is 36.3 Å². The van der Waals surface area contributed by atoms with E-state index >= 15 is 0 Å². The molecule has 0 amide bonds. The fourth-order valence-corrected chi connectivity index (χ4v) is 3.26. The Morgan fingerprint density at radius 3 is 2.72 bits per heavy atom. The molecule has 1 aromatic carbocycles. The number of thiazole rings is 1. The molecule has 0 saturated carbocycles. The molecular weight excluding hydrogens is 518 g/mol. The van der Waals surface area contributed by atoms with Crippen molar-refractivity contribution in [1.82, 2.24) is 20.0 Å². The number of aromatic nitrogens is 2. The molecule has 0 atom stereocenters. The van der Waals surface area contributed by atoms with Crippen molar-refractivity contribution in [3.63, 3.8) is 0 Å². The summed E-state index contributed by atoms with van der Waals surface area (Å²) in [6.45, 7) is 1.21. The summed E-state index contributed by atoms with van der Waals surface area (Å²) in [5.41, 5.74) is 2.29. The molecule has 2 heterocycles. The first-order valence-electron chi connectivity index (χ1n) is 8.49. The lowest BCUT2D eigenvalue weighted by Gasteiger charge is -2.16. The van der Waals surface area contributed by atoms with Gasteiger partial charge in [-0.2, -0.15) is 13.2 Å². The van der Waals surface area contributed by atoms with E-state index in [1.165, 1.54) is 0 Å². The highest BCUT2D eigenvalue weighted by atomic mass is 127. The summed E-state index contributed by atoms with van der Waals surface area (Å²) in [6.07, 6.45) is -0.525. The quantitative estimate of drug-likeness (QED) is 0.281. The fraction of sp³-hybridized carbons (Fsp3) is 0.333. The smallest absolute Gasteiger partial charge is 0.422 e. The van der Waals surface area contributed by atoms with Crippen LogP contribution in [0.25, 0.3) is 4.96 Å². The minimum atomic E-state index is -4.38. The minimum absolute atomic E-state index is 0. The first-order chi connectivity index (χ1) is 13.3. The summed E-state index contributed by atoms with van der Waals surface area (Å²) in [5, 5.41) is 8.19. The Labute approximate surface area is 187 Å². The van der Waals surface area contributed by atoms with Gasteiger partial charge in [0.1, 0.15) is 5.75 Å². The van der Waals surface area contributed by atoms with Crippen LogP contribution in [0, 0.1) is 6.92 Å². The molecule has 2 N–H and O–H groups in total. The van der Waals surface area contributed by atoms with Crippen LogP contribution in [0.15, 0.2) is 41.0 Å². The third kappa shape index (κ3) is 6.77. The molecule has 0 unspecified atom stereocenters. The second kappa shape index (κ2) is 10.1. The maximum absolute atomic E-state index is 12.5. The number of nitrogens with zero attached hydrogens (tertiary/aromatic N) is 3. The molecule has 3 rings (SSSR count). The van der Waals surface area contributed by atoms with E-state index in [1.807, 2.05) is 28.2 Å². The number of ether oxygens (including phenoxy) is 1. The number of aliphatic imine (C=N–C) groups is 1. The number of benzene rings is 1. The highest BCUT2D eigenvalue weighted by Crippen LogP contribution is 2.23. The molecule has 3 aromatic rings. The zero-order valence-electron chi connectivity index (χ0n) is 15.8. The summed E-state index contributed by atoms with van der Waals surface area (Å²) < 4.78 is 44.3. The third-order valence-electron chi connectivity index (χ3n) is 3.86. The van der Waals surface area contributed by atoms with E-state index in [2.05, 4.69) is 20.6 Å². The maximum Gasteiger partial charge on any atom is 0.422 e. The van der Waals surface area contributed by atoms with Crippen LogP contribution in [0.3, 0.4) is 0 Å². The number of hydrogen-bond donors (Lipinski definition) is 2. The van der Waals surface area contributed by atoms with Gasteiger partial charge in [-0.05, 0) is 18.6 Å². The van der Waals surface area contributed by atoms with Gasteiger partial charge in [0, 0.05) is 36.9 Å². The number of halogens is 4. The van der Waals surface area contributed by atoms with Crippen LogP contribution in [0.1, 0.15) is 16.8 Å². The first kappa shape index (κ1) is 23.3. The van der Waals surface area contributed by atoms with Crippen LogP contribution in [0.5, 0.6) is 5.75 Å². The first-order valence-corrected chi connectivity index (χ1v) is 9.37. The van der Waals surface area contributed by atoms with Gasteiger partial charge >= 0.3 is 6.18 Å². The fourth-order valence-electron chi connectivity index (χ4n) is 2.54. The molecule has 0 bridgehead atoms. The summed E-state index contributed by atoms with van der Waals surface area (Å²) in [7, 11) is 1.62. The second-order valence-corrected chi connectivity index (χ2v) is 6.99. The number of alkyl halides is 3. The van der Waals surface area contributed by atoms with E-state index < -0.39 is 12.8 Å². The second-order valence-electron chi connectivity index (χ2n) is 6.12. The average Bonchev–Trinajstić information content (AvgIpc) is 3.22. The molecule has 0 aliphatic carbocycles. The zero-order valence-corrected chi connectivity index (χ0v) is 18.9. The molecule has 0 spiro atoms. The molecule has 0 fully saturated rings. The van der Waals surface area contributed by atoms with Gasteiger partial charge in [-0.15, -0.1) is 35.3 Å². The van der Waals surface area contributed by atoms with Gasteiger partial charge in [0.05, 0.1) is 12.2 Å². The Balaban J connectivity index is 0.00000300. The average molecular weight is 539 g/mol. The van der Waals surface area contributed by atoms with Crippen LogP contribution in [0.2, 0.25) is 0 Å². The van der Waals surface area contributed by atoms with E-state index in [1.54, 1.807) is 37.4 Å². The van der Waals surface area contributed by atoms with Crippen LogP contribution < -0.4 is 15.4 Å². The monoisotopic (exact) mass is 539 g/mol. The molecule has 2 aromatic heterocycles. The Hall–Kier alpha value is -2.02. The van der Waals surface area contributed by atoms with Gasteiger partial charge in [-0.1, -0.05) is 12.1 Å². The molecule has 0 radical (unpaired) electrons. The van der Waals surface area contributed by atoms with Gasteiger partial charge in [0.2, 0.25) is 0 Å². The molecule has 29 heavy (non-hydrogen) atoms. The number of rotatable bonds is 6. The van der Waals surface area contributed by atoms with Crippen molar-refractivity contribution in [2.75, 3.05) is 13.7 Å². The lowest BCUT2D eigenvalue weighted by molar-refractivity contribution is -0.153. The van der Waals surface area contributed by atoms with E-state index in [0.717, 1.165) is 16.2 Å². The van der Waals surface area contributed by atoms with Crippen LogP contribution >= 0.6 is 35.3 Å². The van der Waals surface area contributed by atoms with Gasteiger partial charge in [0.25, 0.3) is 0 Å². The lowest BCUT2D eigenvalue weighted by Crippen LogP contribution is -2.36. The van der Waals surface area contributed by atoms with Crippen molar-refractivity contribution >= 4 is 46.2 Å². The van der Waals surface area contributed by atoms with Crippen molar-refractivity contribution in [3.8, 4) is 5.75 Å². The van der Waals surface area contributed by atoms with Gasteiger partial charge in [-0.25, -0.2) is 4.98 Å². The number of imidazole rings is 1. The summed E-state index contributed by atoms with van der Waals surface area (Å²) in [6, 6.07) is 5.16. The van der Waals surface area contributed by atoms with Gasteiger partial charge in [0.15, 0.2) is 17.5 Å². The van der Waals surface area contributed by atoms with Crippen molar-refractivity contribution in [3.05, 3.63) is 52.8 Å². The molecule has 11 heteroatoms. The lowest BCUT2D eigenvalue weighted by atomic mass is 10.1. The molecule has 6 nitrogen and oxygen atoms in total. The van der Waals surface area contributed by atoms with Crippen molar-refractivity contribution in [2.24, 2.45) is 4.99 Å². The topological polar surface area (TPSA) is 63.0 Å². The number of aryl methyl sites for hydroxylation is 1. The van der Waals surface area contributed by atoms with Gasteiger partial charge < -0.3 is 15.4 Å². The van der Waals surface area contributed by atoms with Crippen LogP contribution in [-0.2, 0) is 13.1 Å². The molecular formula is C18H21F3IN5OS. The highest BCUT2D eigenvalue weighted by Gasteiger charge is 2.28. The zero-order chi connectivity index (χ0) is 20.1. The Morgan fingerprint density at radius 1 is 1.28 bits per heavy atom. The van der Waals surface area contributed by atoms with Crippen molar-refractivity contribution in [1.29, 1.82) is 0 Å². The van der Waals surface area contributed by atoms with Crippen LogP contribution in [-0.4, -0.2) is 35.2 Å². The van der Waals surface area contributed by atoms with E-state index in [0.29, 0.717) is 18.1 Å². The SMILES string of the molecule is CN=C(NCc1cn2ccsc2n1)NCc1ccc(C)cc1OCC(F)(F)F.I. The number of fused-ring (bicyclic) bond motifs is 1. The summed E-state index contributed by atoms with van der Waals surface area (Å²) in [5.74, 6) is 0.716. The maximum atomic E-state index is 12.5. The van der Waals surface area contributed by atoms with Gasteiger partial charge in [-0.3, -0.25) is 9.39 Å². The standard InChI is InChI=1S/C18H20F3N5OS.HI/c1-12-3-4-13(15(7-12)27-11-18(19,20)21)8-23-16(22-2)24-9-14-10-26-5-6-28-17(26)25-14;/h3-7,10H,8-9,11H2,1-2H3,(H2,22,23,24);1H. The molecule has 0 aliphatic rings. The predicted molar refractivity (Wildman–Crippen MR) is 118 cm³/mol.